The van der Waals surface area contributed by atoms with Crippen molar-refractivity contribution < 1.29 is 14.3 Å². The molecule has 0 aliphatic heterocycles. The van der Waals surface area contributed by atoms with E-state index in [9.17, 15) is 10.1 Å². The number of nitriles is 1. The predicted octanol–water partition coefficient (Wildman–Crippen LogP) is 5.04. The normalized spacial score (nSPS) is 13.6. The minimum Gasteiger partial charge on any atom is -0.497 e. The van der Waals surface area contributed by atoms with Gasteiger partial charge in [-0.05, 0) is 61.6 Å². The van der Waals surface area contributed by atoms with Crippen molar-refractivity contribution in [2.45, 2.75) is 17.9 Å². The molecule has 0 spiro atoms. The number of rotatable bonds is 9. The van der Waals surface area contributed by atoms with Crippen LogP contribution in [0.1, 0.15) is 33.8 Å². The lowest BCUT2D eigenvalue weighted by Crippen LogP contribution is -2.46. The maximum absolute atomic E-state index is 13.4. The Morgan fingerprint density at radius 1 is 0.906 bits per heavy atom. The summed E-state index contributed by atoms with van der Waals surface area (Å²) in [5.41, 5.74) is 1.27. The van der Waals surface area contributed by atoms with E-state index in [1.54, 1.807) is 38.5 Å². The fraction of sp³-hybridized carbons (Fsp3) is 0.259. The molecule has 0 saturated heterocycles. The molecule has 0 saturated carbocycles. The van der Waals surface area contributed by atoms with E-state index >= 15 is 0 Å². The van der Waals surface area contributed by atoms with Crippen LogP contribution in [0.25, 0.3) is 0 Å². The Labute approximate surface area is 189 Å². The molecule has 2 atom stereocenters. The number of Topliss-reactive ketones (excluding diaryl/α,β-unsaturated/α-hetero) is 1. The Kier molecular flexibility index (Phi) is 7.29. The zero-order valence-electron chi connectivity index (χ0n) is 18.9. The quantitative estimate of drug-likeness (QED) is 0.447. The molecule has 0 amide bonds. The van der Waals surface area contributed by atoms with Crippen molar-refractivity contribution in [2.24, 2.45) is 0 Å². The van der Waals surface area contributed by atoms with Gasteiger partial charge in [-0.1, -0.05) is 42.5 Å². The molecule has 3 aromatic rings. The number of carbonyl (C=O) groups is 1. The summed E-state index contributed by atoms with van der Waals surface area (Å²) in [6.45, 7) is 0. The number of hydrogen-bond donors (Lipinski definition) is 0. The average Bonchev–Trinajstić information content (AvgIpc) is 2.84. The SMILES string of the molecule is COc1ccc(C(=O)CC(c2ccccc2)C(C#N)(c2ccc(OC)cc2)N(C)C)cc1. The Morgan fingerprint density at radius 2 is 1.44 bits per heavy atom. The highest BCUT2D eigenvalue weighted by Crippen LogP contribution is 2.43. The summed E-state index contributed by atoms with van der Waals surface area (Å²) in [4.78, 5) is 15.3. The molecule has 5 nitrogen and oxygen atoms in total. The summed E-state index contributed by atoms with van der Waals surface area (Å²) < 4.78 is 10.5. The number of ketones is 1. The van der Waals surface area contributed by atoms with Crippen LogP contribution in [0.15, 0.2) is 78.9 Å². The van der Waals surface area contributed by atoms with Crippen LogP contribution < -0.4 is 9.47 Å². The highest BCUT2D eigenvalue weighted by atomic mass is 16.5. The third-order valence-electron chi connectivity index (χ3n) is 5.91. The van der Waals surface area contributed by atoms with Crippen LogP contribution in [-0.2, 0) is 5.54 Å². The van der Waals surface area contributed by atoms with Crippen LogP contribution in [-0.4, -0.2) is 39.0 Å². The van der Waals surface area contributed by atoms with E-state index in [0.29, 0.717) is 17.1 Å². The molecule has 0 aliphatic rings. The molecule has 164 valence electrons. The van der Waals surface area contributed by atoms with Crippen LogP contribution >= 0.6 is 0 Å². The fourth-order valence-electron chi connectivity index (χ4n) is 4.13. The Morgan fingerprint density at radius 3 is 1.91 bits per heavy atom. The van der Waals surface area contributed by atoms with Gasteiger partial charge in [-0.25, -0.2) is 0 Å². The van der Waals surface area contributed by atoms with E-state index in [-0.39, 0.29) is 12.2 Å². The number of benzene rings is 3. The number of carbonyl (C=O) groups excluding carboxylic acids is 1. The van der Waals surface area contributed by atoms with Crippen molar-refractivity contribution in [3.8, 4) is 17.6 Å². The van der Waals surface area contributed by atoms with Crippen molar-refractivity contribution >= 4 is 5.78 Å². The smallest absolute Gasteiger partial charge is 0.163 e. The molecular weight excluding hydrogens is 400 g/mol. The van der Waals surface area contributed by atoms with Gasteiger partial charge in [0, 0.05) is 17.9 Å². The molecule has 0 aromatic heterocycles. The van der Waals surface area contributed by atoms with Crippen molar-refractivity contribution in [3.63, 3.8) is 0 Å². The van der Waals surface area contributed by atoms with Gasteiger partial charge in [-0.3, -0.25) is 9.69 Å². The number of methoxy groups -OCH3 is 2. The first kappa shape index (κ1) is 23.1. The van der Waals surface area contributed by atoms with Crippen molar-refractivity contribution in [2.75, 3.05) is 28.3 Å². The number of likely N-dealkylation sites (N-methyl/N-ethyl adjacent to an activating group) is 1. The number of nitrogens with zero attached hydrogens (tertiary/aromatic N) is 2. The molecule has 0 radical (unpaired) electrons. The van der Waals surface area contributed by atoms with Gasteiger partial charge in [0.15, 0.2) is 5.78 Å². The lowest BCUT2D eigenvalue weighted by molar-refractivity contribution is 0.0926. The molecule has 0 N–H and O–H groups in total. The highest BCUT2D eigenvalue weighted by molar-refractivity contribution is 5.96. The summed E-state index contributed by atoms with van der Waals surface area (Å²) >= 11 is 0. The van der Waals surface area contributed by atoms with Gasteiger partial charge in [0.25, 0.3) is 0 Å². The Hall–Kier alpha value is -3.62. The van der Waals surface area contributed by atoms with Crippen LogP contribution in [0, 0.1) is 11.3 Å². The zero-order chi connectivity index (χ0) is 23.1. The molecule has 2 unspecified atom stereocenters. The molecular formula is C27H28N2O3. The summed E-state index contributed by atoms with van der Waals surface area (Å²) in [5, 5.41) is 10.6. The number of ether oxygens (including phenoxy) is 2. The minimum atomic E-state index is -1.06. The summed E-state index contributed by atoms with van der Waals surface area (Å²) in [5.74, 6) is 0.979. The Balaban J connectivity index is 2.10. The first-order valence-corrected chi connectivity index (χ1v) is 10.4. The third-order valence-corrected chi connectivity index (χ3v) is 5.91. The van der Waals surface area contributed by atoms with Gasteiger partial charge in [0.1, 0.15) is 17.0 Å². The minimum absolute atomic E-state index is 0.0310. The van der Waals surface area contributed by atoms with Crippen LogP contribution in [0.3, 0.4) is 0 Å². The van der Waals surface area contributed by atoms with Crippen molar-refractivity contribution in [1.29, 1.82) is 5.26 Å². The molecule has 0 fully saturated rings. The Bertz CT molecular complexity index is 1070. The van der Waals surface area contributed by atoms with Crippen molar-refractivity contribution in [1.82, 2.24) is 4.90 Å². The molecule has 0 aliphatic carbocycles. The lowest BCUT2D eigenvalue weighted by Gasteiger charge is -2.41. The summed E-state index contributed by atoms with van der Waals surface area (Å²) in [7, 11) is 6.96. The van der Waals surface area contributed by atoms with Crippen molar-refractivity contribution in [3.05, 3.63) is 95.6 Å². The average molecular weight is 429 g/mol. The molecule has 32 heavy (non-hydrogen) atoms. The zero-order valence-corrected chi connectivity index (χ0v) is 18.9. The molecule has 5 heteroatoms. The fourth-order valence-corrected chi connectivity index (χ4v) is 4.13. The van der Waals surface area contributed by atoms with Gasteiger partial charge in [-0.2, -0.15) is 5.26 Å². The van der Waals surface area contributed by atoms with Crippen LogP contribution in [0.5, 0.6) is 11.5 Å². The van der Waals surface area contributed by atoms with E-state index < -0.39 is 11.5 Å². The maximum atomic E-state index is 13.4. The van der Waals surface area contributed by atoms with Gasteiger partial charge in [-0.15, -0.1) is 0 Å². The monoisotopic (exact) mass is 428 g/mol. The first-order chi connectivity index (χ1) is 15.5. The summed E-state index contributed by atoms with van der Waals surface area (Å²) in [6, 6.07) is 26.9. The van der Waals surface area contributed by atoms with E-state index in [2.05, 4.69) is 6.07 Å². The third kappa shape index (κ3) is 4.51. The van der Waals surface area contributed by atoms with E-state index in [1.807, 2.05) is 73.6 Å². The predicted molar refractivity (Wildman–Crippen MR) is 125 cm³/mol. The number of hydrogen-bond acceptors (Lipinski definition) is 5. The standard InChI is InChI=1S/C27H28N2O3/c1-29(2)27(19-28,22-12-16-24(32-4)17-13-22)25(20-8-6-5-7-9-20)18-26(30)21-10-14-23(31-3)15-11-21/h5-17,25H,18H2,1-4H3. The van der Waals surface area contributed by atoms with Gasteiger partial charge in [0.2, 0.25) is 0 Å². The van der Waals surface area contributed by atoms with Gasteiger partial charge >= 0.3 is 0 Å². The summed E-state index contributed by atoms with van der Waals surface area (Å²) in [6.07, 6.45) is 0.175. The lowest BCUT2D eigenvalue weighted by atomic mass is 9.71. The van der Waals surface area contributed by atoms with E-state index in [4.69, 9.17) is 9.47 Å². The second-order valence-electron chi connectivity index (χ2n) is 7.82. The van der Waals surface area contributed by atoms with Gasteiger partial charge in [0.05, 0.1) is 20.3 Å². The second kappa shape index (κ2) is 10.1. The maximum Gasteiger partial charge on any atom is 0.163 e. The van der Waals surface area contributed by atoms with Gasteiger partial charge < -0.3 is 9.47 Å². The topological polar surface area (TPSA) is 62.6 Å². The first-order valence-electron chi connectivity index (χ1n) is 10.4. The van der Waals surface area contributed by atoms with Crippen LogP contribution in [0.4, 0.5) is 0 Å². The molecule has 3 rings (SSSR count). The highest BCUT2D eigenvalue weighted by Gasteiger charge is 2.45. The molecule has 0 bridgehead atoms. The molecule has 0 heterocycles. The van der Waals surface area contributed by atoms with Crippen LogP contribution in [0.2, 0.25) is 0 Å². The largest absolute Gasteiger partial charge is 0.497 e. The second-order valence-corrected chi connectivity index (χ2v) is 7.82. The van der Waals surface area contributed by atoms with E-state index in [0.717, 1.165) is 11.1 Å². The molecule has 3 aromatic carbocycles. The van der Waals surface area contributed by atoms with E-state index in [1.165, 1.54) is 0 Å².